The highest BCUT2D eigenvalue weighted by molar-refractivity contribution is 5.85. The molecule has 3 nitrogen and oxygen atoms in total. The van der Waals surface area contributed by atoms with Crippen molar-refractivity contribution >= 4 is 12.4 Å². The fraction of sp³-hybridized carbons (Fsp3) is 0.400. The van der Waals surface area contributed by atoms with Crippen LogP contribution >= 0.6 is 12.4 Å². The van der Waals surface area contributed by atoms with E-state index >= 15 is 0 Å². The Bertz CT molecular complexity index is 268. The molecule has 0 aromatic heterocycles. The zero-order valence-electron chi connectivity index (χ0n) is 7.89. The molecule has 0 amide bonds. The number of hydrogen-bond acceptors (Lipinski definition) is 3. The quantitative estimate of drug-likeness (QED) is 0.718. The maximum absolute atomic E-state index is 9.18. The predicted octanol–water partition coefficient (Wildman–Crippen LogP) is 1.59. The summed E-state index contributed by atoms with van der Waals surface area (Å²) in [5.41, 5.74) is 6.74. The van der Waals surface area contributed by atoms with E-state index in [0.717, 1.165) is 12.0 Å². The van der Waals surface area contributed by atoms with Crippen LogP contribution in [-0.2, 0) is 0 Å². The number of halogens is 1. The van der Waals surface area contributed by atoms with Crippen molar-refractivity contribution in [3.63, 3.8) is 0 Å². The zero-order valence-corrected chi connectivity index (χ0v) is 8.70. The molecule has 0 aliphatic carbocycles. The van der Waals surface area contributed by atoms with Crippen LogP contribution in [0.1, 0.15) is 24.4 Å². The summed E-state index contributed by atoms with van der Waals surface area (Å²) >= 11 is 0. The van der Waals surface area contributed by atoms with Gasteiger partial charge in [-0.15, -0.1) is 12.4 Å². The van der Waals surface area contributed by atoms with Gasteiger partial charge in [-0.3, -0.25) is 0 Å². The number of aliphatic hydroxyl groups is 1. The highest BCUT2D eigenvalue weighted by Crippen LogP contribution is 2.19. The van der Waals surface area contributed by atoms with Gasteiger partial charge < -0.3 is 15.9 Å². The normalized spacial score (nSPS) is 11.9. The van der Waals surface area contributed by atoms with E-state index in [2.05, 4.69) is 0 Å². The molecule has 0 fully saturated rings. The van der Waals surface area contributed by atoms with Gasteiger partial charge in [0.05, 0.1) is 0 Å². The molecule has 0 radical (unpaired) electrons. The number of phenolic OH excluding ortho intramolecular Hbond substituents is 1. The summed E-state index contributed by atoms with van der Waals surface area (Å²) < 4.78 is 0. The van der Waals surface area contributed by atoms with E-state index in [1.165, 1.54) is 0 Å². The van der Waals surface area contributed by atoms with E-state index in [0.29, 0.717) is 6.42 Å². The monoisotopic (exact) mass is 217 g/mol. The molecule has 0 saturated carbocycles. The second-order valence-corrected chi connectivity index (χ2v) is 3.07. The molecule has 0 unspecified atom stereocenters. The molecule has 1 aromatic carbocycles. The Kier molecular flexibility index (Phi) is 6.28. The van der Waals surface area contributed by atoms with Gasteiger partial charge in [0.2, 0.25) is 0 Å². The molecule has 14 heavy (non-hydrogen) atoms. The van der Waals surface area contributed by atoms with Crippen molar-refractivity contribution in [2.45, 2.75) is 18.9 Å². The van der Waals surface area contributed by atoms with Crippen LogP contribution in [0.4, 0.5) is 0 Å². The summed E-state index contributed by atoms with van der Waals surface area (Å²) in [5, 5.41) is 17.8. The smallest absolute Gasteiger partial charge is 0.115 e. The van der Waals surface area contributed by atoms with Gasteiger partial charge in [0.25, 0.3) is 0 Å². The lowest BCUT2D eigenvalue weighted by atomic mass is 10.0. The summed E-state index contributed by atoms with van der Waals surface area (Å²) in [6.45, 7) is 0.159. The van der Waals surface area contributed by atoms with Gasteiger partial charge in [-0.2, -0.15) is 0 Å². The van der Waals surface area contributed by atoms with Crippen LogP contribution < -0.4 is 5.73 Å². The Hall–Kier alpha value is -0.770. The summed E-state index contributed by atoms with van der Waals surface area (Å²) in [7, 11) is 0. The van der Waals surface area contributed by atoms with Gasteiger partial charge in [0, 0.05) is 12.6 Å². The molecule has 4 N–H and O–H groups in total. The van der Waals surface area contributed by atoms with Crippen molar-refractivity contribution < 1.29 is 10.2 Å². The van der Waals surface area contributed by atoms with Gasteiger partial charge in [0.15, 0.2) is 0 Å². The first-order valence-electron chi connectivity index (χ1n) is 4.39. The number of hydrogen-bond donors (Lipinski definition) is 3. The van der Waals surface area contributed by atoms with E-state index < -0.39 is 0 Å². The van der Waals surface area contributed by atoms with Crippen molar-refractivity contribution in [3.05, 3.63) is 29.8 Å². The van der Waals surface area contributed by atoms with Crippen LogP contribution in [-0.4, -0.2) is 16.8 Å². The summed E-state index contributed by atoms with van der Waals surface area (Å²) in [5.74, 6) is 0.233. The van der Waals surface area contributed by atoms with Crippen LogP contribution in [0.2, 0.25) is 0 Å². The lowest BCUT2D eigenvalue weighted by Gasteiger charge is -2.10. The highest BCUT2D eigenvalue weighted by Gasteiger charge is 2.05. The number of nitrogens with two attached hydrogens (primary N) is 1. The summed E-state index contributed by atoms with van der Waals surface area (Å²) in [6.07, 6.45) is 1.43. The SMILES string of the molecule is Cl.N[C@H](CCCO)c1cccc(O)c1. The third-order valence-corrected chi connectivity index (χ3v) is 1.97. The second kappa shape index (κ2) is 6.65. The Morgan fingerprint density at radius 2 is 2.07 bits per heavy atom. The number of benzene rings is 1. The first kappa shape index (κ1) is 13.2. The van der Waals surface area contributed by atoms with Crippen LogP contribution in [0.5, 0.6) is 5.75 Å². The van der Waals surface area contributed by atoms with Crippen molar-refractivity contribution in [1.29, 1.82) is 0 Å². The molecule has 0 bridgehead atoms. The maximum atomic E-state index is 9.18. The molecular weight excluding hydrogens is 202 g/mol. The molecule has 1 atom stereocenters. The molecule has 80 valence electrons. The minimum absolute atomic E-state index is 0. The average Bonchev–Trinajstić information content (AvgIpc) is 2.14. The van der Waals surface area contributed by atoms with E-state index in [-0.39, 0.29) is 30.8 Å². The Morgan fingerprint density at radius 3 is 2.64 bits per heavy atom. The minimum atomic E-state index is -0.0979. The average molecular weight is 218 g/mol. The number of aliphatic hydroxyl groups excluding tert-OH is 1. The molecule has 0 heterocycles. The Balaban J connectivity index is 0.00000169. The third kappa shape index (κ3) is 3.96. The summed E-state index contributed by atoms with van der Waals surface area (Å²) in [4.78, 5) is 0. The van der Waals surface area contributed by atoms with Crippen molar-refractivity contribution in [2.75, 3.05) is 6.61 Å². The molecular formula is C10H16ClNO2. The molecule has 0 aliphatic heterocycles. The van der Waals surface area contributed by atoms with E-state index in [9.17, 15) is 5.11 Å². The standard InChI is InChI=1S/C10H15NO2.ClH/c11-10(5-2-6-12)8-3-1-4-9(13)7-8;/h1,3-4,7,10,12-13H,2,5-6,11H2;1H/t10-;/m1./s1. The lowest BCUT2D eigenvalue weighted by molar-refractivity contribution is 0.280. The fourth-order valence-electron chi connectivity index (χ4n) is 1.23. The molecule has 0 spiro atoms. The largest absolute Gasteiger partial charge is 0.508 e. The first-order chi connectivity index (χ1) is 6.24. The molecule has 0 saturated heterocycles. The van der Waals surface area contributed by atoms with Gasteiger partial charge in [0.1, 0.15) is 5.75 Å². The van der Waals surface area contributed by atoms with Crippen molar-refractivity contribution in [3.8, 4) is 5.75 Å². The van der Waals surface area contributed by atoms with E-state index in [1.807, 2.05) is 6.07 Å². The molecule has 0 aliphatic rings. The number of rotatable bonds is 4. The molecule has 1 rings (SSSR count). The maximum Gasteiger partial charge on any atom is 0.115 e. The van der Waals surface area contributed by atoms with Gasteiger partial charge in [-0.25, -0.2) is 0 Å². The predicted molar refractivity (Wildman–Crippen MR) is 58.6 cm³/mol. The van der Waals surface area contributed by atoms with Crippen LogP contribution in [0, 0.1) is 0 Å². The van der Waals surface area contributed by atoms with Crippen LogP contribution in [0.3, 0.4) is 0 Å². The number of phenols is 1. The summed E-state index contributed by atoms with van der Waals surface area (Å²) in [6, 6.07) is 6.81. The number of aromatic hydroxyl groups is 1. The second-order valence-electron chi connectivity index (χ2n) is 3.07. The van der Waals surface area contributed by atoms with Gasteiger partial charge in [-0.05, 0) is 30.5 Å². The zero-order chi connectivity index (χ0) is 9.68. The molecule has 1 aromatic rings. The van der Waals surface area contributed by atoms with Gasteiger partial charge in [-0.1, -0.05) is 12.1 Å². The topological polar surface area (TPSA) is 66.5 Å². The third-order valence-electron chi connectivity index (χ3n) is 1.97. The molecule has 4 heteroatoms. The lowest BCUT2D eigenvalue weighted by Crippen LogP contribution is -2.10. The van der Waals surface area contributed by atoms with Crippen molar-refractivity contribution in [1.82, 2.24) is 0 Å². The van der Waals surface area contributed by atoms with Gasteiger partial charge >= 0.3 is 0 Å². The van der Waals surface area contributed by atoms with Crippen LogP contribution in [0.25, 0.3) is 0 Å². The Labute approximate surface area is 90.0 Å². The fourth-order valence-corrected chi connectivity index (χ4v) is 1.23. The minimum Gasteiger partial charge on any atom is -0.508 e. The van der Waals surface area contributed by atoms with Crippen molar-refractivity contribution in [2.24, 2.45) is 5.73 Å². The van der Waals surface area contributed by atoms with E-state index in [4.69, 9.17) is 10.8 Å². The van der Waals surface area contributed by atoms with E-state index in [1.54, 1.807) is 18.2 Å². The highest BCUT2D eigenvalue weighted by atomic mass is 35.5. The Morgan fingerprint density at radius 1 is 1.36 bits per heavy atom. The van der Waals surface area contributed by atoms with Crippen LogP contribution in [0.15, 0.2) is 24.3 Å². The first-order valence-corrected chi connectivity index (χ1v) is 4.39.